The first-order valence-corrected chi connectivity index (χ1v) is 11.8. The number of non-ortho nitro benzene ring substituents is 2. The third-order valence-electron chi connectivity index (χ3n) is 8.33. The summed E-state index contributed by atoms with van der Waals surface area (Å²) >= 11 is 0. The predicted octanol–water partition coefficient (Wildman–Crippen LogP) is 4.85. The van der Waals surface area contributed by atoms with Crippen LogP contribution in [0.15, 0.2) is 41.5 Å². The van der Waals surface area contributed by atoms with E-state index in [1.165, 1.54) is 11.1 Å². The number of nitrogens with one attached hydrogen (secondary N) is 1. The Kier molecular flexibility index (Phi) is 5.53. The molecule has 0 radical (unpaired) electrons. The van der Waals surface area contributed by atoms with Crippen LogP contribution in [0.2, 0.25) is 0 Å². The number of nitro benzene ring substituents is 2. The summed E-state index contributed by atoms with van der Waals surface area (Å²) in [5.41, 5.74) is 4.62. The van der Waals surface area contributed by atoms with E-state index in [4.69, 9.17) is 0 Å². The van der Waals surface area contributed by atoms with E-state index in [0.29, 0.717) is 23.5 Å². The normalized spacial score (nSPS) is 28.0. The molecule has 0 aliphatic heterocycles. The van der Waals surface area contributed by atoms with Crippen LogP contribution in [-0.4, -0.2) is 26.6 Å². The molecule has 182 valence electrons. The van der Waals surface area contributed by atoms with Crippen molar-refractivity contribution < 1.29 is 19.7 Å². The van der Waals surface area contributed by atoms with Gasteiger partial charge in [-0.1, -0.05) is 13.0 Å². The highest BCUT2D eigenvalue weighted by Crippen LogP contribution is 2.59. The Labute approximate surface area is 201 Å². The molecular formula is C25H26N4O6. The molecule has 0 spiro atoms. The maximum atomic E-state index is 12.7. The third kappa shape index (κ3) is 3.92. The fourth-order valence-corrected chi connectivity index (χ4v) is 6.66. The van der Waals surface area contributed by atoms with E-state index in [2.05, 4.69) is 23.5 Å². The maximum absolute atomic E-state index is 12.7. The molecular weight excluding hydrogens is 452 g/mol. The first-order valence-electron chi connectivity index (χ1n) is 11.8. The van der Waals surface area contributed by atoms with Gasteiger partial charge >= 0.3 is 0 Å². The van der Waals surface area contributed by atoms with Crippen molar-refractivity contribution in [2.45, 2.75) is 51.4 Å². The molecule has 2 aromatic carbocycles. The van der Waals surface area contributed by atoms with E-state index < -0.39 is 27.1 Å². The number of rotatable bonds is 4. The fourth-order valence-electron chi connectivity index (χ4n) is 6.66. The van der Waals surface area contributed by atoms with Crippen molar-refractivity contribution in [3.8, 4) is 5.75 Å². The summed E-state index contributed by atoms with van der Waals surface area (Å²) in [6, 6.07) is 8.58. The van der Waals surface area contributed by atoms with Crippen LogP contribution >= 0.6 is 0 Å². The average Bonchev–Trinajstić information content (AvgIpc) is 3.17. The molecule has 4 unspecified atom stereocenters. The Morgan fingerprint density at radius 2 is 1.77 bits per heavy atom. The number of aryl methyl sites for hydroxylation is 1. The van der Waals surface area contributed by atoms with Crippen molar-refractivity contribution in [1.29, 1.82) is 0 Å². The van der Waals surface area contributed by atoms with Gasteiger partial charge in [-0.05, 0) is 79.5 Å². The second-order valence-electron chi connectivity index (χ2n) is 10.0. The van der Waals surface area contributed by atoms with E-state index in [0.717, 1.165) is 62.4 Å². The Morgan fingerprint density at radius 3 is 2.46 bits per heavy atom. The van der Waals surface area contributed by atoms with Gasteiger partial charge in [-0.15, -0.1) is 0 Å². The summed E-state index contributed by atoms with van der Waals surface area (Å²) < 4.78 is 0. The van der Waals surface area contributed by atoms with Crippen LogP contribution < -0.4 is 5.43 Å². The van der Waals surface area contributed by atoms with Gasteiger partial charge in [0.05, 0.1) is 21.5 Å². The molecule has 10 nitrogen and oxygen atoms in total. The van der Waals surface area contributed by atoms with Gasteiger partial charge in [0.1, 0.15) is 5.75 Å². The Hall–Kier alpha value is -3.82. The summed E-state index contributed by atoms with van der Waals surface area (Å²) in [5.74, 6) is 0.988. The van der Waals surface area contributed by atoms with Crippen molar-refractivity contribution >= 4 is 23.0 Å². The molecule has 1 amide bonds. The number of phenols is 1. The van der Waals surface area contributed by atoms with Gasteiger partial charge in [-0.3, -0.25) is 25.0 Å². The second-order valence-corrected chi connectivity index (χ2v) is 10.0. The standard InChI is InChI=1S/C25H26N4O6/c1-25-9-8-20-19-5-3-18(30)12-14(19)2-4-21(20)22(25)6-7-23(25)26-27-24(31)15-10-16(28(32)33)13-17(11-15)29(34)35/h3,5,10-13,20-22,30H,2,4,6-9H2,1H3,(H,27,31). The third-order valence-corrected chi connectivity index (χ3v) is 8.33. The quantitative estimate of drug-likeness (QED) is 0.474. The SMILES string of the molecule is CC12CCC3c4ccc(O)cc4CCC3C1CCC2=NNC(=O)c1cc([N+](=O)[O-])cc([N+](=O)[O-])c1. The molecule has 3 aliphatic rings. The Balaban J connectivity index is 1.36. The average molecular weight is 479 g/mol. The molecule has 2 saturated carbocycles. The summed E-state index contributed by atoms with van der Waals surface area (Å²) in [6.07, 6.45) is 5.64. The van der Waals surface area contributed by atoms with E-state index in [-0.39, 0.29) is 11.0 Å². The van der Waals surface area contributed by atoms with Crippen LogP contribution in [-0.2, 0) is 6.42 Å². The predicted molar refractivity (Wildman–Crippen MR) is 127 cm³/mol. The lowest BCUT2D eigenvalue weighted by atomic mass is 9.55. The number of aromatic hydroxyl groups is 1. The molecule has 0 aromatic heterocycles. The molecule has 5 rings (SSSR count). The van der Waals surface area contributed by atoms with E-state index in [1.54, 1.807) is 6.07 Å². The topological polar surface area (TPSA) is 148 Å². The summed E-state index contributed by atoms with van der Waals surface area (Å²) in [7, 11) is 0. The molecule has 4 atom stereocenters. The van der Waals surface area contributed by atoms with Crippen molar-refractivity contribution in [2.24, 2.45) is 22.4 Å². The van der Waals surface area contributed by atoms with Crippen molar-refractivity contribution in [3.05, 3.63) is 73.3 Å². The monoisotopic (exact) mass is 478 g/mol. The Bertz CT molecular complexity index is 1240. The number of nitro groups is 2. The summed E-state index contributed by atoms with van der Waals surface area (Å²) in [5, 5.41) is 36.6. The first-order chi connectivity index (χ1) is 16.7. The first kappa shape index (κ1) is 22.9. The fraction of sp³-hybridized carbons (Fsp3) is 0.440. The number of nitrogens with zero attached hydrogens (tertiary/aromatic N) is 3. The highest BCUT2D eigenvalue weighted by molar-refractivity contribution is 5.98. The number of hydrazone groups is 1. The highest BCUT2D eigenvalue weighted by atomic mass is 16.6. The number of carbonyl (C=O) groups excluding carboxylic acids is 1. The van der Waals surface area contributed by atoms with Crippen LogP contribution in [0.4, 0.5) is 11.4 Å². The van der Waals surface area contributed by atoms with Gasteiger partial charge in [0.15, 0.2) is 0 Å². The van der Waals surface area contributed by atoms with Crippen LogP contribution in [0.25, 0.3) is 0 Å². The Morgan fingerprint density at radius 1 is 1.06 bits per heavy atom. The molecule has 35 heavy (non-hydrogen) atoms. The number of phenolic OH excluding ortho intramolecular Hbond substituents is 1. The lowest BCUT2D eigenvalue weighted by Gasteiger charge is -2.49. The number of fused-ring (bicyclic) bond motifs is 5. The zero-order valence-electron chi connectivity index (χ0n) is 19.3. The van der Waals surface area contributed by atoms with Gasteiger partial charge < -0.3 is 5.11 Å². The number of hydrogen-bond acceptors (Lipinski definition) is 7. The number of amides is 1. The molecule has 2 fully saturated rings. The smallest absolute Gasteiger partial charge is 0.277 e. The van der Waals surface area contributed by atoms with Crippen LogP contribution in [0.3, 0.4) is 0 Å². The summed E-state index contributed by atoms with van der Waals surface area (Å²) in [6.45, 7) is 2.20. The van der Waals surface area contributed by atoms with E-state index in [1.807, 2.05) is 6.07 Å². The van der Waals surface area contributed by atoms with Crippen molar-refractivity contribution in [1.82, 2.24) is 5.43 Å². The van der Waals surface area contributed by atoms with Gasteiger partial charge in [0.2, 0.25) is 0 Å². The molecule has 2 N–H and O–H groups in total. The molecule has 2 aromatic rings. The van der Waals surface area contributed by atoms with Gasteiger partial charge in [0.25, 0.3) is 17.3 Å². The zero-order chi connectivity index (χ0) is 24.9. The van der Waals surface area contributed by atoms with Crippen LogP contribution in [0, 0.1) is 37.5 Å². The van der Waals surface area contributed by atoms with Gasteiger partial charge in [-0.2, -0.15) is 5.10 Å². The number of carbonyl (C=O) groups is 1. The second kappa shape index (κ2) is 8.44. The minimum atomic E-state index is -0.763. The van der Waals surface area contributed by atoms with Crippen molar-refractivity contribution in [3.63, 3.8) is 0 Å². The summed E-state index contributed by atoms with van der Waals surface area (Å²) in [4.78, 5) is 33.5. The van der Waals surface area contributed by atoms with Crippen LogP contribution in [0.5, 0.6) is 5.75 Å². The van der Waals surface area contributed by atoms with Gasteiger partial charge in [0, 0.05) is 23.3 Å². The minimum absolute atomic E-state index is 0.155. The molecule has 0 heterocycles. The molecule has 3 aliphatic carbocycles. The lowest BCUT2D eigenvalue weighted by molar-refractivity contribution is -0.394. The number of benzene rings is 2. The van der Waals surface area contributed by atoms with E-state index in [9.17, 15) is 30.1 Å². The van der Waals surface area contributed by atoms with Crippen molar-refractivity contribution in [2.75, 3.05) is 0 Å². The molecule has 0 saturated heterocycles. The van der Waals surface area contributed by atoms with Crippen LogP contribution in [0.1, 0.15) is 66.4 Å². The van der Waals surface area contributed by atoms with E-state index >= 15 is 0 Å². The zero-order valence-corrected chi connectivity index (χ0v) is 19.3. The maximum Gasteiger partial charge on any atom is 0.277 e. The minimum Gasteiger partial charge on any atom is -0.508 e. The number of hydrogen-bond donors (Lipinski definition) is 2. The largest absolute Gasteiger partial charge is 0.508 e. The molecule has 0 bridgehead atoms. The molecule has 10 heteroatoms. The lowest BCUT2D eigenvalue weighted by Crippen LogP contribution is -2.43. The highest BCUT2D eigenvalue weighted by Gasteiger charge is 2.53. The van der Waals surface area contributed by atoms with Gasteiger partial charge in [-0.25, -0.2) is 5.43 Å².